The van der Waals surface area contributed by atoms with Crippen LogP contribution >= 0.6 is 0 Å². The number of hydrogen-bond donors (Lipinski definition) is 1. The summed E-state index contributed by atoms with van der Waals surface area (Å²) in [6.07, 6.45) is 9.99. The highest BCUT2D eigenvalue weighted by Gasteiger charge is 2.22. The number of aliphatic imine (C=N–C) groups is 1. The highest BCUT2D eigenvalue weighted by molar-refractivity contribution is 5.86. The molecule has 0 amide bonds. The molecule has 1 atom stereocenters. The van der Waals surface area contributed by atoms with Gasteiger partial charge in [0.05, 0.1) is 11.9 Å². The molecule has 3 rings (SSSR count). The molecule has 0 radical (unpaired) electrons. The van der Waals surface area contributed by atoms with Crippen LogP contribution in [0.5, 0.6) is 0 Å². The molecule has 1 aliphatic heterocycles. The standard InChI is InChI=1S/C21H22N2/c1-4-15-7-5-6-8-19(15)16-9-10-17-11-18(14(2)3)13-21(22)23-20(17)12-16/h4-11,20H,1-2,12-13H2,3H3,(H2,22,23). The maximum atomic E-state index is 6.12. The zero-order chi connectivity index (χ0) is 16.4. The summed E-state index contributed by atoms with van der Waals surface area (Å²) in [5.41, 5.74) is 13.2. The van der Waals surface area contributed by atoms with Crippen molar-refractivity contribution < 1.29 is 0 Å². The largest absolute Gasteiger partial charge is 0.387 e. The lowest BCUT2D eigenvalue weighted by Crippen LogP contribution is -2.17. The summed E-state index contributed by atoms with van der Waals surface area (Å²) in [4.78, 5) is 4.73. The monoisotopic (exact) mass is 302 g/mol. The summed E-state index contributed by atoms with van der Waals surface area (Å²) < 4.78 is 0. The second-order valence-corrected chi connectivity index (χ2v) is 6.12. The average Bonchev–Trinajstić information content (AvgIpc) is 2.72. The Morgan fingerprint density at radius 1 is 1.30 bits per heavy atom. The van der Waals surface area contributed by atoms with Crippen LogP contribution in [0, 0.1) is 0 Å². The molecule has 0 saturated heterocycles. The first-order chi connectivity index (χ1) is 11.1. The van der Waals surface area contributed by atoms with E-state index in [-0.39, 0.29) is 6.04 Å². The van der Waals surface area contributed by atoms with Crippen LogP contribution in [-0.4, -0.2) is 11.9 Å². The number of rotatable bonds is 3. The van der Waals surface area contributed by atoms with E-state index in [4.69, 9.17) is 10.7 Å². The van der Waals surface area contributed by atoms with E-state index in [9.17, 15) is 0 Å². The second kappa shape index (κ2) is 6.25. The Balaban J connectivity index is 2.03. The normalized spacial score (nSPS) is 20.3. The minimum atomic E-state index is 0.0877. The molecule has 116 valence electrons. The first kappa shape index (κ1) is 15.3. The molecule has 1 unspecified atom stereocenters. The van der Waals surface area contributed by atoms with E-state index in [0.29, 0.717) is 12.3 Å². The fraction of sp³-hybridized carbons (Fsp3) is 0.190. The van der Waals surface area contributed by atoms with E-state index in [2.05, 4.69) is 49.6 Å². The maximum Gasteiger partial charge on any atom is 0.0989 e. The van der Waals surface area contributed by atoms with Crippen molar-refractivity contribution in [1.82, 2.24) is 0 Å². The minimum Gasteiger partial charge on any atom is -0.387 e. The van der Waals surface area contributed by atoms with Crippen molar-refractivity contribution >= 4 is 17.5 Å². The molecule has 2 N–H and O–H groups in total. The Morgan fingerprint density at radius 3 is 2.83 bits per heavy atom. The Labute approximate surface area is 138 Å². The highest BCUT2D eigenvalue weighted by atomic mass is 14.9. The highest BCUT2D eigenvalue weighted by Crippen LogP contribution is 2.34. The van der Waals surface area contributed by atoms with Crippen molar-refractivity contribution in [1.29, 1.82) is 0 Å². The van der Waals surface area contributed by atoms with Gasteiger partial charge in [0.25, 0.3) is 0 Å². The zero-order valence-corrected chi connectivity index (χ0v) is 13.5. The molecule has 0 bridgehead atoms. The summed E-state index contributed by atoms with van der Waals surface area (Å²) in [7, 11) is 0. The van der Waals surface area contributed by atoms with Gasteiger partial charge in [-0.15, -0.1) is 0 Å². The Morgan fingerprint density at radius 2 is 2.09 bits per heavy atom. The quantitative estimate of drug-likeness (QED) is 0.865. The van der Waals surface area contributed by atoms with E-state index >= 15 is 0 Å². The molecule has 1 aromatic carbocycles. The number of nitrogens with two attached hydrogens (primary N) is 1. The van der Waals surface area contributed by atoms with Crippen LogP contribution < -0.4 is 5.73 Å². The first-order valence-electron chi connectivity index (χ1n) is 7.89. The molecule has 2 heteroatoms. The van der Waals surface area contributed by atoms with Gasteiger partial charge in [0, 0.05) is 6.42 Å². The minimum absolute atomic E-state index is 0.0877. The predicted octanol–water partition coefficient (Wildman–Crippen LogP) is 4.68. The summed E-state index contributed by atoms with van der Waals surface area (Å²) in [6.45, 7) is 9.98. The smallest absolute Gasteiger partial charge is 0.0989 e. The van der Waals surface area contributed by atoms with Gasteiger partial charge in [0.2, 0.25) is 0 Å². The molecule has 1 aromatic rings. The lowest BCUT2D eigenvalue weighted by molar-refractivity contribution is 0.806. The van der Waals surface area contributed by atoms with E-state index in [0.717, 1.165) is 17.6 Å². The van der Waals surface area contributed by atoms with Gasteiger partial charge >= 0.3 is 0 Å². The molecule has 2 nitrogen and oxygen atoms in total. The van der Waals surface area contributed by atoms with Gasteiger partial charge in [-0.3, -0.25) is 4.99 Å². The fourth-order valence-corrected chi connectivity index (χ4v) is 3.10. The van der Waals surface area contributed by atoms with Gasteiger partial charge in [0.15, 0.2) is 0 Å². The topological polar surface area (TPSA) is 38.4 Å². The van der Waals surface area contributed by atoms with E-state index in [1.807, 2.05) is 19.1 Å². The average molecular weight is 302 g/mol. The fourth-order valence-electron chi connectivity index (χ4n) is 3.10. The molecule has 1 aliphatic carbocycles. The van der Waals surface area contributed by atoms with Gasteiger partial charge in [-0.2, -0.15) is 0 Å². The van der Waals surface area contributed by atoms with Gasteiger partial charge in [-0.05, 0) is 41.2 Å². The van der Waals surface area contributed by atoms with Gasteiger partial charge in [0.1, 0.15) is 0 Å². The number of nitrogens with zero attached hydrogens (tertiary/aromatic N) is 1. The molecule has 0 aromatic heterocycles. The molecule has 0 saturated carbocycles. The van der Waals surface area contributed by atoms with Crippen LogP contribution in [-0.2, 0) is 0 Å². The number of benzene rings is 1. The molecule has 0 fully saturated rings. The predicted molar refractivity (Wildman–Crippen MR) is 100 cm³/mol. The summed E-state index contributed by atoms with van der Waals surface area (Å²) in [5, 5.41) is 0. The van der Waals surface area contributed by atoms with E-state index in [1.165, 1.54) is 22.3 Å². The Kier molecular flexibility index (Phi) is 4.16. The number of hydrogen-bond acceptors (Lipinski definition) is 2. The van der Waals surface area contributed by atoms with Crippen molar-refractivity contribution in [2.24, 2.45) is 10.7 Å². The SMILES string of the molecule is C=Cc1ccccc1C1=CC=C2C=C(C(=C)C)CC(N)=NC2C1. The number of fused-ring (bicyclic) bond motifs is 1. The van der Waals surface area contributed by atoms with Crippen molar-refractivity contribution in [3.8, 4) is 0 Å². The van der Waals surface area contributed by atoms with E-state index < -0.39 is 0 Å². The lowest BCUT2D eigenvalue weighted by atomic mass is 9.87. The number of allylic oxidation sites excluding steroid dienone is 3. The van der Waals surface area contributed by atoms with Crippen LogP contribution in [0.25, 0.3) is 11.6 Å². The molecule has 23 heavy (non-hydrogen) atoms. The molecular formula is C21H22N2. The van der Waals surface area contributed by atoms with Gasteiger partial charge in [-0.25, -0.2) is 0 Å². The second-order valence-electron chi connectivity index (χ2n) is 6.12. The third-order valence-electron chi connectivity index (χ3n) is 4.38. The summed E-state index contributed by atoms with van der Waals surface area (Å²) in [6, 6.07) is 8.41. The van der Waals surface area contributed by atoms with Crippen molar-refractivity contribution in [2.75, 3.05) is 0 Å². The summed E-state index contributed by atoms with van der Waals surface area (Å²) >= 11 is 0. The third kappa shape index (κ3) is 3.11. The Bertz CT molecular complexity index is 788. The maximum absolute atomic E-state index is 6.12. The van der Waals surface area contributed by atoms with Crippen LogP contribution in [0.2, 0.25) is 0 Å². The molecule has 0 spiro atoms. The van der Waals surface area contributed by atoms with Crippen LogP contribution in [0.1, 0.15) is 30.9 Å². The number of amidine groups is 1. The first-order valence-corrected chi connectivity index (χ1v) is 7.89. The third-order valence-corrected chi connectivity index (χ3v) is 4.38. The van der Waals surface area contributed by atoms with Crippen LogP contribution in [0.3, 0.4) is 0 Å². The molecular weight excluding hydrogens is 280 g/mol. The van der Waals surface area contributed by atoms with Crippen molar-refractivity contribution in [3.05, 3.63) is 83.5 Å². The van der Waals surface area contributed by atoms with Crippen molar-refractivity contribution in [3.63, 3.8) is 0 Å². The lowest BCUT2D eigenvalue weighted by Gasteiger charge is -2.21. The van der Waals surface area contributed by atoms with Crippen LogP contribution in [0.4, 0.5) is 0 Å². The summed E-state index contributed by atoms with van der Waals surface area (Å²) in [5.74, 6) is 0.686. The Hall–Kier alpha value is -2.61. The van der Waals surface area contributed by atoms with Gasteiger partial charge < -0.3 is 5.73 Å². The molecule has 1 heterocycles. The van der Waals surface area contributed by atoms with E-state index in [1.54, 1.807) is 0 Å². The van der Waals surface area contributed by atoms with Crippen molar-refractivity contribution in [2.45, 2.75) is 25.8 Å². The van der Waals surface area contributed by atoms with Gasteiger partial charge in [-0.1, -0.05) is 67.3 Å². The zero-order valence-electron chi connectivity index (χ0n) is 13.5. The molecule has 2 aliphatic rings. The van der Waals surface area contributed by atoms with Crippen LogP contribution in [0.15, 0.2) is 77.4 Å².